The van der Waals surface area contributed by atoms with Crippen LogP contribution in [0.15, 0.2) is 212 Å². The van der Waals surface area contributed by atoms with E-state index in [1.807, 2.05) is 30.3 Å². The number of para-hydroxylation sites is 2. The Hall–Kier alpha value is -7.36. The zero-order valence-corrected chi connectivity index (χ0v) is 30.0. The molecule has 0 radical (unpaired) electrons. The molecule has 0 amide bonds. The second kappa shape index (κ2) is 13.9. The van der Waals surface area contributed by atoms with Crippen molar-refractivity contribution in [1.82, 2.24) is 0 Å². The molecule has 0 atom stereocenters. The van der Waals surface area contributed by atoms with Crippen LogP contribution in [0, 0.1) is 0 Å². The van der Waals surface area contributed by atoms with Gasteiger partial charge in [0.05, 0.1) is 11.1 Å². The first-order valence-corrected chi connectivity index (χ1v) is 18.6. The van der Waals surface area contributed by atoms with E-state index in [4.69, 9.17) is 9.47 Å². The van der Waals surface area contributed by atoms with E-state index in [9.17, 15) is 0 Å². The Balaban J connectivity index is 1.03. The van der Waals surface area contributed by atoms with Crippen LogP contribution in [-0.2, 0) is 0 Å². The summed E-state index contributed by atoms with van der Waals surface area (Å²) in [5.41, 5.74) is 12.4. The first kappa shape index (κ1) is 32.3. The maximum atomic E-state index is 6.59. The summed E-state index contributed by atoms with van der Waals surface area (Å²) < 4.78 is 13.1. The summed E-state index contributed by atoms with van der Waals surface area (Å²) >= 11 is 0. The Labute approximate surface area is 320 Å². The molecule has 3 heteroatoms. The molecule has 0 bridgehead atoms. The van der Waals surface area contributed by atoms with Gasteiger partial charge in [0.1, 0.15) is 11.5 Å². The van der Waals surface area contributed by atoms with Gasteiger partial charge in [0.25, 0.3) is 0 Å². The van der Waals surface area contributed by atoms with Gasteiger partial charge in [0, 0.05) is 16.9 Å². The predicted molar refractivity (Wildman–Crippen MR) is 227 cm³/mol. The number of hydrogen-bond acceptors (Lipinski definition) is 3. The van der Waals surface area contributed by atoms with Gasteiger partial charge in [-0.25, -0.2) is 0 Å². The van der Waals surface area contributed by atoms with Crippen LogP contribution in [-0.4, -0.2) is 0 Å². The molecular formula is C52H35NO2. The average molecular weight is 706 g/mol. The van der Waals surface area contributed by atoms with Gasteiger partial charge in [-0.05, 0) is 98.9 Å². The van der Waals surface area contributed by atoms with Gasteiger partial charge in [0.15, 0.2) is 11.5 Å². The zero-order valence-electron chi connectivity index (χ0n) is 30.0. The topological polar surface area (TPSA) is 21.7 Å². The highest BCUT2D eigenvalue weighted by Crippen LogP contribution is 2.49. The highest BCUT2D eigenvalue weighted by molar-refractivity contribution is 5.96. The van der Waals surface area contributed by atoms with Crippen molar-refractivity contribution >= 4 is 27.8 Å². The lowest BCUT2D eigenvalue weighted by atomic mass is 9.92. The van der Waals surface area contributed by atoms with Crippen molar-refractivity contribution in [3.63, 3.8) is 0 Å². The Kier molecular flexibility index (Phi) is 8.16. The summed E-state index contributed by atoms with van der Waals surface area (Å²) in [6, 6.07) is 74.5. The fourth-order valence-corrected chi connectivity index (χ4v) is 7.68. The highest BCUT2D eigenvalue weighted by Gasteiger charge is 2.22. The lowest BCUT2D eigenvalue weighted by Crippen LogP contribution is -2.11. The van der Waals surface area contributed by atoms with Crippen molar-refractivity contribution in [2.75, 3.05) is 4.90 Å². The molecule has 0 fully saturated rings. The molecule has 0 N–H and O–H groups in total. The molecule has 0 saturated carbocycles. The fourth-order valence-electron chi connectivity index (χ4n) is 7.68. The van der Waals surface area contributed by atoms with Crippen LogP contribution in [0.2, 0.25) is 0 Å². The summed E-state index contributed by atoms with van der Waals surface area (Å²) in [5.74, 6) is 2.96. The third-order valence-corrected chi connectivity index (χ3v) is 10.4. The van der Waals surface area contributed by atoms with E-state index in [-0.39, 0.29) is 0 Å². The molecule has 0 unspecified atom stereocenters. The minimum Gasteiger partial charge on any atom is -0.453 e. The number of fused-ring (bicyclic) bond motifs is 1. The van der Waals surface area contributed by atoms with Crippen molar-refractivity contribution < 1.29 is 9.47 Å². The van der Waals surface area contributed by atoms with Crippen LogP contribution in [0.4, 0.5) is 17.1 Å². The third kappa shape index (κ3) is 6.08. The monoisotopic (exact) mass is 705 g/mol. The van der Waals surface area contributed by atoms with E-state index in [0.29, 0.717) is 11.5 Å². The fraction of sp³-hybridized carbons (Fsp3) is 0. The van der Waals surface area contributed by atoms with Crippen molar-refractivity contribution in [3.05, 3.63) is 212 Å². The van der Waals surface area contributed by atoms with Crippen LogP contribution >= 0.6 is 0 Å². The maximum Gasteiger partial charge on any atom is 0.170 e. The first-order chi connectivity index (χ1) is 27.3. The van der Waals surface area contributed by atoms with Crippen LogP contribution in [0.5, 0.6) is 23.0 Å². The van der Waals surface area contributed by atoms with Gasteiger partial charge in [-0.15, -0.1) is 0 Å². The molecule has 9 aromatic rings. The van der Waals surface area contributed by atoms with Crippen molar-refractivity contribution in [2.24, 2.45) is 0 Å². The largest absolute Gasteiger partial charge is 0.453 e. The van der Waals surface area contributed by atoms with Gasteiger partial charge in [-0.1, -0.05) is 158 Å². The molecule has 1 aliphatic heterocycles. The number of anilines is 3. The van der Waals surface area contributed by atoms with E-state index in [1.54, 1.807) is 0 Å². The summed E-state index contributed by atoms with van der Waals surface area (Å²) in [6.07, 6.45) is 0. The summed E-state index contributed by atoms with van der Waals surface area (Å²) in [5, 5.41) is 2.06. The first-order valence-electron chi connectivity index (χ1n) is 18.6. The Morgan fingerprint density at radius 1 is 0.291 bits per heavy atom. The molecule has 10 rings (SSSR count). The minimum absolute atomic E-state index is 0.685. The van der Waals surface area contributed by atoms with E-state index in [0.717, 1.165) is 61.6 Å². The maximum absolute atomic E-state index is 6.59. The number of rotatable bonds is 7. The molecule has 0 spiro atoms. The van der Waals surface area contributed by atoms with E-state index < -0.39 is 0 Å². The van der Waals surface area contributed by atoms with Crippen molar-refractivity contribution in [2.45, 2.75) is 0 Å². The van der Waals surface area contributed by atoms with E-state index >= 15 is 0 Å². The molecule has 55 heavy (non-hydrogen) atoms. The van der Waals surface area contributed by atoms with E-state index in [1.165, 1.54) is 22.3 Å². The molecule has 9 aromatic carbocycles. The zero-order chi connectivity index (χ0) is 36.6. The Morgan fingerprint density at radius 2 is 0.782 bits per heavy atom. The SMILES string of the molecule is c1ccc(-c2ccc(-c3ccc(N(c4ccccc4)c4ccccc4-c4ccccc4-c4ccc5c(c4)Oc4cccc6cccc(c46)O5)cc3)cc2)cc1. The summed E-state index contributed by atoms with van der Waals surface area (Å²) in [7, 11) is 0. The van der Waals surface area contributed by atoms with Crippen LogP contribution in [0.25, 0.3) is 55.3 Å². The quantitative estimate of drug-likeness (QED) is 0.165. The lowest BCUT2D eigenvalue weighted by molar-refractivity contribution is 0.439. The van der Waals surface area contributed by atoms with Crippen LogP contribution in [0.1, 0.15) is 0 Å². The lowest BCUT2D eigenvalue weighted by Gasteiger charge is -2.28. The highest BCUT2D eigenvalue weighted by atomic mass is 16.5. The molecular weight excluding hydrogens is 671 g/mol. The van der Waals surface area contributed by atoms with E-state index in [2.05, 4.69) is 187 Å². The predicted octanol–water partition coefficient (Wildman–Crippen LogP) is 14.9. The van der Waals surface area contributed by atoms with Gasteiger partial charge in [0.2, 0.25) is 0 Å². The number of hydrogen-bond donors (Lipinski definition) is 0. The van der Waals surface area contributed by atoms with Gasteiger partial charge < -0.3 is 14.4 Å². The molecule has 0 aliphatic carbocycles. The second-order valence-corrected chi connectivity index (χ2v) is 13.7. The molecule has 1 aliphatic rings. The Morgan fingerprint density at radius 3 is 1.45 bits per heavy atom. The molecule has 0 aromatic heterocycles. The number of ether oxygens (including phenoxy) is 2. The summed E-state index contributed by atoms with van der Waals surface area (Å²) in [4.78, 5) is 2.35. The number of nitrogens with zero attached hydrogens (tertiary/aromatic N) is 1. The van der Waals surface area contributed by atoms with Crippen molar-refractivity contribution in [1.29, 1.82) is 0 Å². The minimum atomic E-state index is 0.685. The number of benzene rings is 9. The van der Waals surface area contributed by atoms with Crippen LogP contribution in [0.3, 0.4) is 0 Å². The van der Waals surface area contributed by atoms with Gasteiger partial charge in [-0.2, -0.15) is 0 Å². The molecule has 0 saturated heterocycles. The van der Waals surface area contributed by atoms with Crippen molar-refractivity contribution in [3.8, 4) is 67.5 Å². The van der Waals surface area contributed by atoms with Gasteiger partial charge in [-0.3, -0.25) is 0 Å². The standard InChI is InChI=1S/C52H35NO2/c1-3-13-36(14-4-1)37-25-27-38(28-26-37)39-29-32-43(33-30-39)53(42-17-5-2-6-18-42)47-22-10-9-21-46(47)45-20-8-7-19-44(45)41-31-34-48-51(35-41)55-50-24-12-16-40-15-11-23-49(54-48)52(40)50/h1-35H. The second-order valence-electron chi connectivity index (χ2n) is 13.7. The van der Waals surface area contributed by atoms with Crippen LogP contribution < -0.4 is 14.4 Å². The average Bonchev–Trinajstić information content (AvgIpc) is 3.42. The molecule has 260 valence electrons. The Bertz CT molecular complexity index is 2790. The summed E-state index contributed by atoms with van der Waals surface area (Å²) in [6.45, 7) is 0. The van der Waals surface area contributed by atoms with Gasteiger partial charge >= 0.3 is 0 Å². The third-order valence-electron chi connectivity index (χ3n) is 10.4. The smallest absolute Gasteiger partial charge is 0.170 e. The normalized spacial score (nSPS) is 11.6. The molecule has 3 nitrogen and oxygen atoms in total. The molecule has 1 heterocycles.